The van der Waals surface area contributed by atoms with Gasteiger partial charge in [-0.1, -0.05) is 20.8 Å². The molecule has 130 valence electrons. The fourth-order valence-corrected chi connectivity index (χ4v) is 2.71. The van der Waals surface area contributed by atoms with E-state index in [4.69, 9.17) is 4.52 Å². The van der Waals surface area contributed by atoms with Gasteiger partial charge in [-0.25, -0.2) is 0 Å². The average molecular weight is 324 g/mol. The lowest BCUT2D eigenvalue weighted by Crippen LogP contribution is -2.74. The number of rotatable bonds is 3. The van der Waals surface area contributed by atoms with Crippen LogP contribution in [-0.4, -0.2) is 47.3 Å². The number of nitrogens with one attached hydrogen (secondary N) is 1. The Morgan fingerprint density at radius 3 is 2.57 bits per heavy atom. The van der Waals surface area contributed by atoms with Gasteiger partial charge in [0.25, 0.3) is 6.20 Å². The molecular formula is C16H30N5O2+. The molecule has 1 aliphatic rings. The first-order chi connectivity index (χ1) is 10.5. The Labute approximate surface area is 138 Å². The number of carbonyl (C=O) groups excluding carboxylic acids is 1. The molecule has 0 spiro atoms. The van der Waals surface area contributed by atoms with E-state index in [-0.39, 0.29) is 11.4 Å². The van der Waals surface area contributed by atoms with Crippen molar-refractivity contribution in [3.05, 3.63) is 6.20 Å². The molecule has 0 atom stereocenters. The Balaban J connectivity index is 2.10. The standard InChI is InChI=1S/C16H29N5O2/c1-12(2)19-8-9-20(16(6,7)11-19)21-10-13(23-18-21)17-14(22)15(3,4)5/h10,12H,8-9,11H2,1-7H3/p+1. The second-order valence-electron chi connectivity index (χ2n) is 8.19. The third-order valence-electron chi connectivity index (χ3n) is 4.24. The van der Waals surface area contributed by atoms with Crippen molar-refractivity contribution in [2.24, 2.45) is 5.41 Å². The van der Waals surface area contributed by atoms with Crippen LogP contribution in [0.5, 0.6) is 0 Å². The highest BCUT2D eigenvalue weighted by Gasteiger charge is 2.41. The maximum Gasteiger partial charge on any atom is 0.305 e. The van der Waals surface area contributed by atoms with Gasteiger partial charge < -0.3 is 0 Å². The quantitative estimate of drug-likeness (QED) is 0.851. The molecule has 0 bridgehead atoms. The monoisotopic (exact) mass is 324 g/mol. The predicted molar refractivity (Wildman–Crippen MR) is 88.7 cm³/mol. The van der Waals surface area contributed by atoms with Crippen molar-refractivity contribution in [1.29, 1.82) is 0 Å². The number of hydrogen-bond acceptors (Lipinski definition) is 5. The van der Waals surface area contributed by atoms with Gasteiger partial charge in [-0.05, 0) is 27.7 Å². The minimum Gasteiger partial charge on any atom is -0.296 e. The lowest BCUT2D eigenvalue weighted by atomic mass is 9.96. The molecule has 2 heterocycles. The second kappa shape index (κ2) is 6.11. The Bertz CT molecular complexity index is 559. The highest BCUT2D eigenvalue weighted by molar-refractivity contribution is 5.93. The molecule has 1 aromatic heterocycles. The largest absolute Gasteiger partial charge is 0.305 e. The first kappa shape index (κ1) is 17.7. The Morgan fingerprint density at radius 1 is 1.39 bits per heavy atom. The van der Waals surface area contributed by atoms with Crippen molar-refractivity contribution >= 4 is 11.8 Å². The van der Waals surface area contributed by atoms with E-state index in [0.717, 1.165) is 19.6 Å². The summed E-state index contributed by atoms with van der Waals surface area (Å²) in [5.41, 5.74) is -0.546. The molecule has 1 amide bonds. The van der Waals surface area contributed by atoms with Crippen LogP contribution in [0, 0.1) is 5.41 Å². The number of nitrogens with zero attached hydrogens (tertiary/aromatic N) is 4. The van der Waals surface area contributed by atoms with Crippen molar-refractivity contribution in [3.63, 3.8) is 0 Å². The molecule has 0 saturated carbocycles. The zero-order valence-corrected chi connectivity index (χ0v) is 15.4. The highest BCUT2D eigenvalue weighted by Crippen LogP contribution is 2.19. The topological polar surface area (TPSA) is 65.5 Å². The van der Waals surface area contributed by atoms with Gasteiger partial charge in [0.05, 0.1) is 11.3 Å². The lowest BCUT2D eigenvalue weighted by molar-refractivity contribution is -0.766. The number of piperazine rings is 1. The fourth-order valence-electron chi connectivity index (χ4n) is 2.71. The van der Waals surface area contributed by atoms with Gasteiger partial charge in [-0.15, -0.1) is 5.01 Å². The van der Waals surface area contributed by atoms with Crippen LogP contribution in [0.1, 0.15) is 48.5 Å². The summed E-state index contributed by atoms with van der Waals surface area (Å²) in [6, 6.07) is 0.528. The van der Waals surface area contributed by atoms with E-state index in [2.05, 4.69) is 48.2 Å². The summed E-state index contributed by atoms with van der Waals surface area (Å²) in [6.07, 6.45) is 1.73. The molecule has 1 saturated heterocycles. The Hall–Kier alpha value is -1.63. The van der Waals surface area contributed by atoms with E-state index in [0.29, 0.717) is 11.9 Å². The third-order valence-corrected chi connectivity index (χ3v) is 4.24. The van der Waals surface area contributed by atoms with Gasteiger partial charge in [0.1, 0.15) is 5.54 Å². The number of anilines is 1. The second-order valence-corrected chi connectivity index (χ2v) is 8.19. The fraction of sp³-hybridized carbons (Fsp3) is 0.812. The molecule has 1 aromatic rings. The summed E-state index contributed by atoms with van der Waals surface area (Å²) in [7, 11) is 0. The number of carbonyl (C=O) groups is 1. The molecule has 0 aromatic carbocycles. The molecule has 0 unspecified atom stereocenters. The molecule has 7 heteroatoms. The van der Waals surface area contributed by atoms with Gasteiger partial charge in [0, 0.05) is 24.5 Å². The number of aromatic nitrogens is 2. The third kappa shape index (κ3) is 4.02. The first-order valence-electron chi connectivity index (χ1n) is 8.23. The van der Waals surface area contributed by atoms with E-state index < -0.39 is 5.41 Å². The Kier molecular flexibility index (Phi) is 4.71. The minimum atomic E-state index is -0.472. The van der Waals surface area contributed by atoms with Crippen LogP contribution >= 0.6 is 0 Å². The van der Waals surface area contributed by atoms with Crippen molar-refractivity contribution < 1.29 is 14.1 Å². The van der Waals surface area contributed by atoms with Crippen LogP contribution < -0.4 is 15.1 Å². The van der Waals surface area contributed by atoms with E-state index in [1.54, 1.807) is 11.0 Å². The molecular weight excluding hydrogens is 294 g/mol. The summed E-state index contributed by atoms with van der Waals surface area (Å²) >= 11 is 0. The molecule has 1 N–H and O–H groups in total. The van der Waals surface area contributed by atoms with E-state index in [1.165, 1.54) is 0 Å². The first-order valence-corrected chi connectivity index (χ1v) is 8.23. The normalized spacial score (nSPS) is 19.2. The lowest BCUT2D eigenvalue weighted by Gasteiger charge is -2.43. The molecule has 0 radical (unpaired) electrons. The van der Waals surface area contributed by atoms with Crippen molar-refractivity contribution in [1.82, 2.24) is 10.2 Å². The highest BCUT2D eigenvalue weighted by atomic mass is 16.5. The number of hydrogen-bond donors (Lipinski definition) is 1. The van der Waals surface area contributed by atoms with Crippen molar-refractivity contribution in [2.75, 3.05) is 30.0 Å². The Morgan fingerprint density at radius 2 is 2.04 bits per heavy atom. The van der Waals surface area contributed by atoms with Crippen LogP contribution in [0.3, 0.4) is 0 Å². The van der Waals surface area contributed by atoms with Gasteiger partial charge in [0.2, 0.25) is 11.2 Å². The van der Waals surface area contributed by atoms with Gasteiger partial charge in [-0.3, -0.25) is 19.5 Å². The summed E-state index contributed by atoms with van der Waals surface area (Å²) in [6.45, 7) is 17.2. The summed E-state index contributed by atoms with van der Waals surface area (Å²) < 4.78 is 5.28. The smallest absolute Gasteiger partial charge is 0.296 e. The molecule has 23 heavy (non-hydrogen) atoms. The van der Waals surface area contributed by atoms with Crippen LogP contribution in [0.25, 0.3) is 0 Å². The zero-order chi connectivity index (χ0) is 17.4. The molecule has 1 aliphatic heterocycles. The molecule has 1 fully saturated rings. The van der Waals surface area contributed by atoms with Gasteiger partial charge in [-0.2, -0.15) is 0 Å². The predicted octanol–water partition coefficient (Wildman–Crippen LogP) is 1.39. The summed E-state index contributed by atoms with van der Waals surface area (Å²) in [5.74, 6) is 0.275. The summed E-state index contributed by atoms with van der Waals surface area (Å²) in [4.78, 5) is 16.2. The molecule has 0 aliphatic carbocycles. The number of amides is 1. The zero-order valence-electron chi connectivity index (χ0n) is 15.4. The van der Waals surface area contributed by atoms with Crippen molar-refractivity contribution in [2.45, 2.75) is 60.0 Å². The average Bonchev–Trinajstić information content (AvgIpc) is 2.84. The van der Waals surface area contributed by atoms with E-state index in [1.807, 2.05) is 20.8 Å². The minimum absolute atomic E-state index is 0.0740. The van der Waals surface area contributed by atoms with Crippen LogP contribution in [0.4, 0.5) is 5.88 Å². The maximum atomic E-state index is 12.0. The maximum absolute atomic E-state index is 12.0. The molecule has 7 nitrogen and oxygen atoms in total. The van der Waals surface area contributed by atoms with E-state index >= 15 is 0 Å². The van der Waals surface area contributed by atoms with Gasteiger partial charge in [0.15, 0.2) is 0 Å². The van der Waals surface area contributed by atoms with Crippen LogP contribution in [0.15, 0.2) is 10.7 Å². The van der Waals surface area contributed by atoms with E-state index in [9.17, 15) is 4.79 Å². The van der Waals surface area contributed by atoms with Crippen LogP contribution in [-0.2, 0) is 4.79 Å². The van der Waals surface area contributed by atoms with Crippen molar-refractivity contribution in [3.8, 4) is 0 Å². The van der Waals surface area contributed by atoms with Gasteiger partial charge >= 0.3 is 5.88 Å². The van der Waals surface area contributed by atoms with Crippen LogP contribution in [0.2, 0.25) is 0 Å². The molecule has 2 rings (SSSR count). The SMILES string of the molecule is CC(C)N1CCN([n+]2cc(NC(=O)C(C)(C)C)on2)C(C)(C)C1. The summed E-state index contributed by atoms with van der Waals surface area (Å²) in [5, 5.41) is 9.01.